The number of nitrogens with one attached hydrogen (secondary N) is 1. The summed E-state index contributed by atoms with van der Waals surface area (Å²) in [4.78, 5) is 12.4. The average molecular weight is 483 g/mol. The molecule has 0 aliphatic carbocycles. The monoisotopic (exact) mass is 482 g/mol. The molecule has 3 aromatic rings. The van der Waals surface area contributed by atoms with Gasteiger partial charge in [-0.3, -0.25) is 9.10 Å². The smallest absolute Gasteiger partial charge is 0.264 e. The number of fused-ring (bicyclic) bond motifs is 1. The molecule has 4 rings (SSSR count). The lowest BCUT2D eigenvalue weighted by Crippen LogP contribution is -2.29. The minimum Gasteiger partial charge on any atom is -0.323 e. The third kappa shape index (κ3) is 4.17. The predicted molar refractivity (Wildman–Crippen MR) is 123 cm³/mol. The highest BCUT2D eigenvalue weighted by atomic mass is 79.9. The Labute approximate surface area is 184 Å². The Morgan fingerprint density at radius 1 is 0.967 bits per heavy atom. The Morgan fingerprint density at radius 2 is 1.67 bits per heavy atom. The van der Waals surface area contributed by atoms with Crippen LogP contribution < -0.4 is 9.62 Å². The molecule has 0 spiro atoms. The lowest BCUT2D eigenvalue weighted by atomic mass is 10.2. The summed E-state index contributed by atoms with van der Waals surface area (Å²) in [6.07, 6.45) is 3.85. The zero-order chi connectivity index (χ0) is 21.1. The number of sulfonamides is 1. The topological polar surface area (TPSA) is 66.5 Å². The number of carbonyl (C=O) groups excluding carboxylic acids is 1. The molecule has 1 aliphatic rings. The van der Waals surface area contributed by atoms with Crippen molar-refractivity contribution in [3.63, 3.8) is 0 Å². The molecule has 30 heavy (non-hydrogen) atoms. The number of nitrogens with zero attached hydrogens (tertiary/aromatic N) is 1. The van der Waals surface area contributed by atoms with Crippen molar-refractivity contribution in [2.45, 2.75) is 11.3 Å². The van der Waals surface area contributed by atoms with Crippen LogP contribution in [0.1, 0.15) is 11.1 Å². The maximum atomic E-state index is 13.0. The summed E-state index contributed by atoms with van der Waals surface area (Å²) in [5, 5.41) is 2.75. The lowest BCUT2D eigenvalue weighted by molar-refractivity contribution is -0.111. The first-order chi connectivity index (χ1) is 14.4. The fourth-order valence-electron chi connectivity index (χ4n) is 3.35. The molecule has 0 bridgehead atoms. The van der Waals surface area contributed by atoms with Gasteiger partial charge in [0.15, 0.2) is 0 Å². The van der Waals surface area contributed by atoms with Gasteiger partial charge in [0.1, 0.15) is 0 Å². The van der Waals surface area contributed by atoms with Crippen LogP contribution in [0.2, 0.25) is 0 Å². The first kappa shape index (κ1) is 20.4. The first-order valence-electron chi connectivity index (χ1n) is 9.39. The minimum atomic E-state index is -3.65. The van der Waals surface area contributed by atoms with E-state index in [0.717, 1.165) is 21.3 Å². The Balaban J connectivity index is 1.47. The number of halogens is 1. The van der Waals surface area contributed by atoms with Crippen molar-refractivity contribution in [2.24, 2.45) is 0 Å². The number of amides is 1. The summed E-state index contributed by atoms with van der Waals surface area (Å²) >= 11 is 3.43. The van der Waals surface area contributed by atoms with Crippen LogP contribution in [-0.2, 0) is 21.2 Å². The van der Waals surface area contributed by atoms with Crippen molar-refractivity contribution in [2.75, 3.05) is 16.2 Å². The Kier molecular flexibility index (Phi) is 5.74. The van der Waals surface area contributed by atoms with E-state index >= 15 is 0 Å². The largest absolute Gasteiger partial charge is 0.323 e. The van der Waals surface area contributed by atoms with E-state index in [4.69, 9.17) is 0 Å². The van der Waals surface area contributed by atoms with Gasteiger partial charge in [0.2, 0.25) is 5.91 Å². The molecular formula is C23H19BrN2O3S. The molecule has 0 saturated carbocycles. The summed E-state index contributed by atoms with van der Waals surface area (Å²) < 4.78 is 28.4. The van der Waals surface area contributed by atoms with E-state index in [0.29, 0.717) is 18.7 Å². The Morgan fingerprint density at radius 3 is 2.43 bits per heavy atom. The third-order valence-electron chi connectivity index (χ3n) is 4.87. The van der Waals surface area contributed by atoms with Gasteiger partial charge < -0.3 is 5.32 Å². The van der Waals surface area contributed by atoms with E-state index in [-0.39, 0.29) is 10.8 Å². The number of para-hydroxylation sites is 1. The van der Waals surface area contributed by atoms with Crippen molar-refractivity contribution in [3.05, 3.63) is 94.5 Å². The van der Waals surface area contributed by atoms with Gasteiger partial charge in [0.05, 0.1) is 10.6 Å². The number of anilines is 2. The van der Waals surface area contributed by atoms with Gasteiger partial charge in [0.25, 0.3) is 10.0 Å². The van der Waals surface area contributed by atoms with Crippen molar-refractivity contribution < 1.29 is 13.2 Å². The molecule has 0 aromatic heterocycles. The zero-order valence-electron chi connectivity index (χ0n) is 16.0. The van der Waals surface area contributed by atoms with E-state index in [2.05, 4.69) is 21.2 Å². The molecule has 0 unspecified atom stereocenters. The lowest BCUT2D eigenvalue weighted by Gasteiger charge is -2.19. The standard InChI is InChI=1S/C23H19BrN2O3S/c24-21-7-3-1-5-17(21)9-14-23(27)25-19-10-12-20(13-11-19)30(28,29)26-16-15-18-6-2-4-8-22(18)26/h1-14H,15-16H2,(H,25,27)/b14-9+. The van der Waals surface area contributed by atoms with E-state index in [1.54, 1.807) is 18.2 Å². The minimum absolute atomic E-state index is 0.195. The molecule has 3 aromatic carbocycles. The molecular weight excluding hydrogens is 464 g/mol. The van der Waals surface area contributed by atoms with Gasteiger partial charge in [-0.2, -0.15) is 0 Å². The van der Waals surface area contributed by atoms with E-state index in [1.807, 2.05) is 48.5 Å². The SMILES string of the molecule is O=C(/C=C/c1ccccc1Br)Nc1ccc(S(=O)(=O)N2CCc3ccccc32)cc1. The highest BCUT2D eigenvalue weighted by Crippen LogP contribution is 2.32. The fraction of sp³-hybridized carbons (Fsp3) is 0.0870. The second kappa shape index (κ2) is 8.45. The van der Waals surface area contributed by atoms with Crippen LogP contribution in [0.25, 0.3) is 6.08 Å². The zero-order valence-corrected chi connectivity index (χ0v) is 18.4. The number of rotatable bonds is 5. The molecule has 1 N–H and O–H groups in total. The summed E-state index contributed by atoms with van der Waals surface area (Å²) in [5.74, 6) is -0.296. The normalized spacial score (nSPS) is 13.4. The molecule has 0 atom stereocenters. The van der Waals surface area contributed by atoms with Crippen LogP contribution in [0.5, 0.6) is 0 Å². The third-order valence-corrected chi connectivity index (χ3v) is 7.42. The molecule has 0 saturated heterocycles. The summed E-state index contributed by atoms with van der Waals surface area (Å²) in [6, 6.07) is 21.3. The Hall–Kier alpha value is -2.90. The van der Waals surface area contributed by atoms with Crippen LogP contribution in [0.3, 0.4) is 0 Å². The maximum Gasteiger partial charge on any atom is 0.264 e. The van der Waals surface area contributed by atoms with Crippen molar-refractivity contribution in [3.8, 4) is 0 Å². The van der Waals surface area contributed by atoms with Crippen molar-refractivity contribution in [1.82, 2.24) is 0 Å². The molecule has 152 valence electrons. The second-order valence-electron chi connectivity index (χ2n) is 6.82. The van der Waals surface area contributed by atoms with Crippen molar-refractivity contribution >= 4 is 49.3 Å². The molecule has 0 fully saturated rings. The summed E-state index contributed by atoms with van der Waals surface area (Å²) in [5.41, 5.74) is 3.17. The number of benzene rings is 3. The number of hydrogen-bond acceptors (Lipinski definition) is 3. The van der Waals surface area contributed by atoms with Crippen LogP contribution in [0.15, 0.2) is 88.2 Å². The van der Waals surface area contributed by atoms with Crippen LogP contribution in [0, 0.1) is 0 Å². The molecule has 7 heteroatoms. The Bertz CT molecular complexity index is 1220. The number of hydrogen-bond donors (Lipinski definition) is 1. The second-order valence-corrected chi connectivity index (χ2v) is 9.54. The van der Waals surface area contributed by atoms with Crippen LogP contribution >= 0.6 is 15.9 Å². The summed E-state index contributed by atoms with van der Waals surface area (Å²) in [7, 11) is -3.65. The molecule has 1 amide bonds. The highest BCUT2D eigenvalue weighted by molar-refractivity contribution is 9.10. The molecule has 0 radical (unpaired) electrons. The van der Waals surface area contributed by atoms with Gasteiger partial charge in [-0.05, 0) is 60.0 Å². The quantitative estimate of drug-likeness (QED) is 0.528. The molecule has 1 aliphatic heterocycles. The van der Waals surface area contributed by atoms with Gasteiger partial charge in [-0.15, -0.1) is 0 Å². The summed E-state index contributed by atoms with van der Waals surface area (Å²) in [6.45, 7) is 0.431. The molecule has 1 heterocycles. The van der Waals surface area contributed by atoms with Crippen LogP contribution in [0.4, 0.5) is 11.4 Å². The first-order valence-corrected chi connectivity index (χ1v) is 11.6. The van der Waals surface area contributed by atoms with E-state index in [9.17, 15) is 13.2 Å². The van der Waals surface area contributed by atoms with Gasteiger partial charge >= 0.3 is 0 Å². The van der Waals surface area contributed by atoms with Crippen molar-refractivity contribution in [1.29, 1.82) is 0 Å². The van der Waals surface area contributed by atoms with Gasteiger partial charge in [0, 0.05) is 22.8 Å². The van der Waals surface area contributed by atoms with Crippen LogP contribution in [-0.4, -0.2) is 20.9 Å². The van der Waals surface area contributed by atoms with E-state index in [1.165, 1.54) is 22.5 Å². The number of carbonyl (C=O) groups is 1. The maximum absolute atomic E-state index is 13.0. The fourth-order valence-corrected chi connectivity index (χ4v) is 5.27. The van der Waals surface area contributed by atoms with E-state index < -0.39 is 10.0 Å². The highest BCUT2D eigenvalue weighted by Gasteiger charge is 2.30. The predicted octanol–water partition coefficient (Wildman–Crippen LogP) is 4.85. The molecule has 5 nitrogen and oxygen atoms in total. The van der Waals surface area contributed by atoms with Gasteiger partial charge in [-0.1, -0.05) is 52.3 Å². The van der Waals surface area contributed by atoms with Gasteiger partial charge in [-0.25, -0.2) is 8.42 Å². The average Bonchev–Trinajstić information content (AvgIpc) is 3.19.